The van der Waals surface area contributed by atoms with Crippen LogP contribution in [0.5, 0.6) is 5.75 Å². The maximum absolute atomic E-state index is 13.4. The van der Waals surface area contributed by atoms with Crippen molar-refractivity contribution >= 4 is 16.8 Å². The molecule has 1 atom stereocenters. The van der Waals surface area contributed by atoms with Crippen LogP contribution in [-0.2, 0) is 12.5 Å². The van der Waals surface area contributed by atoms with Crippen LogP contribution in [0.1, 0.15) is 27.8 Å². The summed E-state index contributed by atoms with van der Waals surface area (Å²) in [6.45, 7) is 2.17. The van der Waals surface area contributed by atoms with Crippen molar-refractivity contribution in [2.75, 3.05) is 40.4 Å². The van der Waals surface area contributed by atoms with E-state index < -0.39 is 6.04 Å². The topological polar surface area (TPSA) is 70.8 Å². The van der Waals surface area contributed by atoms with E-state index in [-0.39, 0.29) is 17.9 Å². The number of likely N-dealkylation sites (N-methyl/N-ethyl adjacent to an activating group) is 1. The summed E-state index contributed by atoms with van der Waals surface area (Å²) in [5.41, 5.74) is 3.56. The van der Waals surface area contributed by atoms with Crippen LogP contribution < -0.4 is 4.74 Å². The number of nitrogens with zero attached hydrogens (tertiary/aromatic N) is 4. The van der Waals surface area contributed by atoms with Crippen LogP contribution in [0.15, 0.2) is 42.6 Å². The first-order valence-electron chi connectivity index (χ1n) is 10.2. The van der Waals surface area contributed by atoms with Crippen LogP contribution in [0.4, 0.5) is 0 Å². The lowest BCUT2D eigenvalue weighted by Gasteiger charge is -2.55. The van der Waals surface area contributed by atoms with E-state index in [0.29, 0.717) is 12.2 Å². The van der Waals surface area contributed by atoms with E-state index >= 15 is 0 Å². The van der Waals surface area contributed by atoms with Crippen LogP contribution in [0, 0.1) is 0 Å². The average molecular weight is 406 g/mol. The Morgan fingerprint density at radius 2 is 2.03 bits per heavy atom. The number of aromatic nitrogens is 2. The molecule has 156 valence electrons. The number of aryl methyl sites for hydroxylation is 1. The van der Waals surface area contributed by atoms with Gasteiger partial charge in [-0.2, -0.15) is 0 Å². The number of aliphatic hydroxyl groups excluding tert-OH is 1. The number of amides is 1. The lowest BCUT2D eigenvalue weighted by molar-refractivity contribution is 0.00837. The van der Waals surface area contributed by atoms with Gasteiger partial charge in [-0.05, 0) is 36.9 Å². The molecule has 7 heteroatoms. The molecule has 1 N–H and O–H groups in total. The molecular weight excluding hydrogens is 380 g/mol. The summed E-state index contributed by atoms with van der Waals surface area (Å²) >= 11 is 0. The van der Waals surface area contributed by atoms with Crippen LogP contribution in [0.3, 0.4) is 0 Å². The minimum Gasteiger partial charge on any atom is -0.497 e. The molecule has 1 amide bonds. The highest BCUT2D eigenvalue weighted by atomic mass is 16.5. The van der Waals surface area contributed by atoms with Crippen molar-refractivity contribution in [3.8, 4) is 5.75 Å². The highest BCUT2D eigenvalue weighted by Gasteiger charge is 2.53. The third-order valence-corrected chi connectivity index (χ3v) is 6.61. The standard InChI is InChI=1S/C23H26N4O3/c1-25-12-23(13-25)14-27(22(29)17-6-4-5-9-24-17)19(11-28)21-20(23)16-8-7-15(30-3)10-18(16)26(21)2/h4-10,19,28H,11-14H2,1-3H3/t19-/m0/s1. The number of aliphatic hydroxyl groups is 1. The number of rotatable bonds is 3. The molecule has 3 aromatic rings. The van der Waals surface area contributed by atoms with Gasteiger partial charge in [-0.3, -0.25) is 9.78 Å². The van der Waals surface area contributed by atoms with Crippen molar-refractivity contribution in [1.29, 1.82) is 0 Å². The second-order valence-electron chi connectivity index (χ2n) is 8.50. The highest BCUT2D eigenvalue weighted by Crippen LogP contribution is 2.49. The van der Waals surface area contributed by atoms with Crippen molar-refractivity contribution in [2.45, 2.75) is 11.5 Å². The highest BCUT2D eigenvalue weighted by molar-refractivity contribution is 5.94. The molecular formula is C23H26N4O3. The number of methoxy groups -OCH3 is 1. The van der Waals surface area contributed by atoms with Crippen LogP contribution in [-0.4, -0.2) is 70.8 Å². The number of pyridine rings is 1. The minimum absolute atomic E-state index is 0.140. The van der Waals surface area contributed by atoms with Gasteiger partial charge in [0.15, 0.2) is 0 Å². The molecule has 2 aliphatic rings. The molecule has 5 rings (SSSR count). The lowest BCUT2D eigenvalue weighted by atomic mass is 9.69. The van der Waals surface area contributed by atoms with E-state index in [2.05, 4.69) is 27.6 Å². The smallest absolute Gasteiger partial charge is 0.273 e. The Bertz CT molecular complexity index is 1120. The number of carbonyl (C=O) groups excluding carboxylic acids is 1. The van der Waals surface area contributed by atoms with E-state index in [1.807, 2.05) is 30.1 Å². The zero-order valence-electron chi connectivity index (χ0n) is 17.5. The van der Waals surface area contributed by atoms with Gasteiger partial charge in [0.05, 0.1) is 25.3 Å². The average Bonchev–Trinajstić information content (AvgIpc) is 3.05. The molecule has 30 heavy (non-hydrogen) atoms. The number of hydrogen-bond acceptors (Lipinski definition) is 5. The molecule has 1 saturated heterocycles. The molecule has 0 saturated carbocycles. The fourth-order valence-electron chi connectivity index (χ4n) is 5.45. The minimum atomic E-state index is -0.422. The third-order valence-electron chi connectivity index (χ3n) is 6.61. The molecule has 0 aliphatic carbocycles. The van der Waals surface area contributed by atoms with E-state index in [1.54, 1.807) is 25.4 Å². The molecule has 7 nitrogen and oxygen atoms in total. The number of fused-ring (bicyclic) bond motifs is 4. The molecule has 4 heterocycles. The van der Waals surface area contributed by atoms with Crippen molar-refractivity contribution in [2.24, 2.45) is 7.05 Å². The largest absolute Gasteiger partial charge is 0.497 e. The van der Waals surface area contributed by atoms with Gasteiger partial charge in [0, 0.05) is 55.4 Å². The SMILES string of the molecule is COc1ccc2c3c(n(C)c2c1)[C@H](CO)N(C(=O)c1ccccn1)CC31CN(C)C1. The zero-order valence-corrected chi connectivity index (χ0v) is 17.5. The number of carbonyl (C=O) groups is 1. The Kier molecular flexibility index (Phi) is 4.34. The molecule has 1 aromatic carbocycles. The molecule has 0 unspecified atom stereocenters. The van der Waals surface area contributed by atoms with E-state index in [1.165, 1.54) is 10.9 Å². The number of hydrogen-bond donors (Lipinski definition) is 1. The van der Waals surface area contributed by atoms with Gasteiger partial charge in [-0.1, -0.05) is 6.07 Å². The first-order valence-corrected chi connectivity index (χ1v) is 10.2. The quantitative estimate of drug-likeness (QED) is 0.720. The summed E-state index contributed by atoms with van der Waals surface area (Å²) in [5, 5.41) is 11.6. The van der Waals surface area contributed by atoms with E-state index in [9.17, 15) is 9.90 Å². The number of benzene rings is 1. The fourth-order valence-corrected chi connectivity index (χ4v) is 5.45. The predicted octanol–water partition coefficient (Wildman–Crippen LogP) is 1.95. The maximum Gasteiger partial charge on any atom is 0.273 e. The summed E-state index contributed by atoms with van der Waals surface area (Å²) in [5.74, 6) is 0.652. The Balaban J connectivity index is 1.72. The van der Waals surface area contributed by atoms with Crippen LogP contribution in [0.25, 0.3) is 10.9 Å². The Morgan fingerprint density at radius 1 is 1.23 bits per heavy atom. The number of ether oxygens (including phenoxy) is 1. The Labute approximate surface area is 175 Å². The Hall–Kier alpha value is -2.90. The summed E-state index contributed by atoms with van der Waals surface area (Å²) in [7, 11) is 5.77. The second kappa shape index (κ2) is 6.82. The second-order valence-corrected chi connectivity index (χ2v) is 8.50. The van der Waals surface area contributed by atoms with E-state index in [4.69, 9.17) is 4.74 Å². The molecule has 2 aliphatic heterocycles. The zero-order chi connectivity index (χ0) is 21.0. The fraction of sp³-hybridized carbons (Fsp3) is 0.391. The molecule has 0 radical (unpaired) electrons. The predicted molar refractivity (Wildman–Crippen MR) is 114 cm³/mol. The summed E-state index contributed by atoms with van der Waals surface area (Å²) in [4.78, 5) is 21.8. The van der Waals surface area contributed by atoms with Gasteiger partial charge in [-0.15, -0.1) is 0 Å². The number of likely N-dealkylation sites (tertiary alicyclic amines) is 1. The van der Waals surface area contributed by atoms with Crippen LogP contribution >= 0.6 is 0 Å². The van der Waals surface area contributed by atoms with Gasteiger partial charge in [0.1, 0.15) is 11.4 Å². The van der Waals surface area contributed by atoms with Gasteiger partial charge >= 0.3 is 0 Å². The van der Waals surface area contributed by atoms with Gasteiger partial charge < -0.3 is 24.2 Å². The van der Waals surface area contributed by atoms with Gasteiger partial charge in [0.25, 0.3) is 5.91 Å². The lowest BCUT2D eigenvalue weighted by Crippen LogP contribution is -2.66. The third kappa shape index (κ3) is 2.58. The van der Waals surface area contributed by atoms with Gasteiger partial charge in [-0.25, -0.2) is 0 Å². The maximum atomic E-state index is 13.4. The van der Waals surface area contributed by atoms with Gasteiger partial charge in [0.2, 0.25) is 0 Å². The van der Waals surface area contributed by atoms with Crippen molar-refractivity contribution in [3.63, 3.8) is 0 Å². The molecule has 0 bridgehead atoms. The summed E-state index contributed by atoms with van der Waals surface area (Å²) < 4.78 is 7.56. The van der Waals surface area contributed by atoms with Crippen molar-refractivity contribution < 1.29 is 14.6 Å². The first-order chi connectivity index (χ1) is 14.5. The van der Waals surface area contributed by atoms with Crippen molar-refractivity contribution in [3.05, 3.63) is 59.5 Å². The van der Waals surface area contributed by atoms with E-state index in [0.717, 1.165) is 30.0 Å². The molecule has 1 spiro atoms. The monoisotopic (exact) mass is 406 g/mol. The first kappa shape index (κ1) is 19.1. The Morgan fingerprint density at radius 3 is 2.67 bits per heavy atom. The van der Waals surface area contributed by atoms with Crippen LogP contribution in [0.2, 0.25) is 0 Å². The summed E-state index contributed by atoms with van der Waals surface area (Å²) in [6, 6.07) is 11.1. The molecule has 2 aromatic heterocycles. The van der Waals surface area contributed by atoms with Crippen molar-refractivity contribution in [1.82, 2.24) is 19.4 Å². The molecule has 1 fully saturated rings. The normalized spacial score (nSPS) is 20.3. The summed E-state index contributed by atoms with van der Waals surface area (Å²) in [6.07, 6.45) is 1.63.